The van der Waals surface area contributed by atoms with Crippen molar-refractivity contribution in [2.24, 2.45) is 0 Å². The van der Waals surface area contributed by atoms with Crippen molar-refractivity contribution in [3.05, 3.63) is 35.4 Å². The van der Waals surface area contributed by atoms with Crippen LogP contribution in [0.3, 0.4) is 0 Å². The zero-order valence-corrected chi connectivity index (χ0v) is 15.6. The molecule has 0 aliphatic heterocycles. The molecule has 0 fully saturated rings. The number of rotatable bonds is 5. The Hall–Kier alpha value is -2.90. The minimum atomic E-state index is -0.945. The first-order valence-corrected chi connectivity index (χ1v) is 8.14. The molecule has 8 nitrogen and oxygen atoms in total. The average Bonchev–Trinajstić information content (AvgIpc) is 2.50. The van der Waals surface area contributed by atoms with Gasteiger partial charge in [-0.15, -0.1) is 0 Å². The van der Waals surface area contributed by atoms with E-state index in [2.05, 4.69) is 16.0 Å². The predicted octanol–water partition coefficient (Wildman–Crippen LogP) is 1.28. The number of hydrogen-bond donors (Lipinski definition) is 3. The van der Waals surface area contributed by atoms with Crippen LogP contribution in [0.25, 0.3) is 0 Å². The van der Waals surface area contributed by atoms with Crippen LogP contribution in [-0.4, -0.2) is 42.0 Å². The SMILES string of the molecule is Cc1cccc(C(=O)N[C@@H](C)C(=O)OCC(=O)NC(=O)NC(C)(C)C)c1. The Morgan fingerprint density at radius 3 is 2.38 bits per heavy atom. The predicted molar refractivity (Wildman–Crippen MR) is 95.5 cm³/mol. The van der Waals surface area contributed by atoms with Crippen LogP contribution in [0.5, 0.6) is 0 Å². The first-order chi connectivity index (χ1) is 12.0. The molecular formula is C18H25N3O5. The van der Waals surface area contributed by atoms with Crippen molar-refractivity contribution in [1.82, 2.24) is 16.0 Å². The number of ether oxygens (including phenoxy) is 1. The third-order valence-corrected chi connectivity index (χ3v) is 3.07. The summed E-state index contributed by atoms with van der Waals surface area (Å²) in [5, 5.41) is 7.09. The summed E-state index contributed by atoms with van der Waals surface area (Å²) in [6.45, 7) is 7.95. The number of benzene rings is 1. The first-order valence-electron chi connectivity index (χ1n) is 8.14. The Morgan fingerprint density at radius 1 is 1.15 bits per heavy atom. The number of esters is 1. The van der Waals surface area contributed by atoms with Crippen molar-refractivity contribution in [3.63, 3.8) is 0 Å². The second kappa shape index (κ2) is 8.98. The molecule has 1 aromatic carbocycles. The average molecular weight is 363 g/mol. The molecule has 0 saturated carbocycles. The summed E-state index contributed by atoms with van der Waals surface area (Å²) >= 11 is 0. The van der Waals surface area contributed by atoms with Crippen LogP contribution in [0.4, 0.5) is 4.79 Å². The molecule has 1 rings (SSSR count). The minimum Gasteiger partial charge on any atom is -0.454 e. The second-order valence-corrected chi connectivity index (χ2v) is 6.92. The van der Waals surface area contributed by atoms with Gasteiger partial charge in [-0.3, -0.25) is 14.9 Å². The van der Waals surface area contributed by atoms with Gasteiger partial charge in [-0.25, -0.2) is 9.59 Å². The van der Waals surface area contributed by atoms with E-state index < -0.39 is 42.0 Å². The van der Waals surface area contributed by atoms with Crippen molar-refractivity contribution in [1.29, 1.82) is 0 Å². The monoisotopic (exact) mass is 363 g/mol. The lowest BCUT2D eigenvalue weighted by atomic mass is 10.1. The van der Waals surface area contributed by atoms with Crippen LogP contribution in [0.1, 0.15) is 43.6 Å². The normalized spacial score (nSPS) is 11.9. The number of carbonyl (C=O) groups is 4. The van der Waals surface area contributed by atoms with Gasteiger partial charge in [-0.05, 0) is 46.8 Å². The van der Waals surface area contributed by atoms with Crippen molar-refractivity contribution >= 4 is 23.8 Å². The lowest BCUT2D eigenvalue weighted by molar-refractivity contribution is -0.149. The Kier molecular flexibility index (Phi) is 7.30. The van der Waals surface area contributed by atoms with Gasteiger partial charge in [0, 0.05) is 11.1 Å². The van der Waals surface area contributed by atoms with E-state index in [1.165, 1.54) is 6.92 Å². The molecule has 3 N–H and O–H groups in total. The summed E-state index contributed by atoms with van der Waals surface area (Å²) in [6.07, 6.45) is 0. The molecule has 26 heavy (non-hydrogen) atoms. The van der Waals surface area contributed by atoms with Crippen molar-refractivity contribution in [2.45, 2.75) is 46.2 Å². The van der Waals surface area contributed by atoms with Crippen LogP contribution < -0.4 is 16.0 Å². The van der Waals surface area contributed by atoms with E-state index in [9.17, 15) is 19.2 Å². The van der Waals surface area contributed by atoms with Gasteiger partial charge in [0.2, 0.25) is 0 Å². The Morgan fingerprint density at radius 2 is 1.81 bits per heavy atom. The zero-order chi connectivity index (χ0) is 19.9. The molecule has 0 aliphatic rings. The maximum atomic E-state index is 12.1. The summed E-state index contributed by atoms with van der Waals surface area (Å²) in [6, 6.07) is 5.28. The van der Waals surface area contributed by atoms with Crippen molar-refractivity contribution in [3.8, 4) is 0 Å². The van der Waals surface area contributed by atoms with E-state index in [1.807, 2.05) is 13.0 Å². The summed E-state index contributed by atoms with van der Waals surface area (Å²) < 4.78 is 4.81. The number of imide groups is 1. The molecular weight excluding hydrogens is 338 g/mol. The molecule has 8 heteroatoms. The van der Waals surface area contributed by atoms with Gasteiger partial charge in [0.15, 0.2) is 6.61 Å². The van der Waals surface area contributed by atoms with E-state index in [0.717, 1.165) is 5.56 Å². The Balaban J connectivity index is 2.43. The second-order valence-electron chi connectivity index (χ2n) is 6.92. The first kappa shape index (κ1) is 21.1. The van der Waals surface area contributed by atoms with Crippen molar-refractivity contribution < 1.29 is 23.9 Å². The fourth-order valence-corrected chi connectivity index (χ4v) is 1.92. The number of hydrogen-bond acceptors (Lipinski definition) is 5. The molecule has 0 spiro atoms. The molecule has 142 valence electrons. The van der Waals surface area contributed by atoms with Crippen molar-refractivity contribution in [2.75, 3.05) is 6.61 Å². The summed E-state index contributed by atoms with van der Waals surface area (Å²) in [7, 11) is 0. The van der Waals surface area contributed by atoms with Crippen LogP contribution in [0, 0.1) is 6.92 Å². The van der Waals surface area contributed by atoms with Crippen LogP contribution in [0.15, 0.2) is 24.3 Å². The molecule has 0 unspecified atom stereocenters. The molecule has 1 atom stereocenters. The van der Waals surface area contributed by atoms with Crippen LogP contribution >= 0.6 is 0 Å². The van der Waals surface area contributed by atoms with Gasteiger partial charge in [-0.1, -0.05) is 17.7 Å². The van der Waals surface area contributed by atoms with Gasteiger partial charge in [0.1, 0.15) is 6.04 Å². The lowest BCUT2D eigenvalue weighted by Gasteiger charge is -2.20. The summed E-state index contributed by atoms with van der Waals surface area (Å²) in [4.78, 5) is 47.1. The van der Waals surface area contributed by atoms with E-state index in [0.29, 0.717) is 5.56 Å². The molecule has 0 radical (unpaired) electrons. The molecule has 0 aromatic heterocycles. The third kappa shape index (κ3) is 7.78. The smallest absolute Gasteiger partial charge is 0.328 e. The number of aryl methyl sites for hydroxylation is 1. The van der Waals surface area contributed by atoms with E-state index in [1.54, 1.807) is 39.0 Å². The van der Waals surface area contributed by atoms with Gasteiger partial charge >= 0.3 is 12.0 Å². The van der Waals surface area contributed by atoms with E-state index in [4.69, 9.17) is 4.74 Å². The minimum absolute atomic E-state index is 0.418. The molecule has 0 bridgehead atoms. The maximum absolute atomic E-state index is 12.1. The largest absolute Gasteiger partial charge is 0.454 e. The molecule has 4 amide bonds. The maximum Gasteiger partial charge on any atom is 0.328 e. The summed E-state index contributed by atoms with van der Waals surface area (Å²) in [5.41, 5.74) is 0.828. The number of nitrogens with one attached hydrogen (secondary N) is 3. The van der Waals surface area contributed by atoms with Gasteiger partial charge < -0.3 is 15.4 Å². The highest BCUT2D eigenvalue weighted by molar-refractivity contribution is 5.98. The lowest BCUT2D eigenvalue weighted by Crippen LogP contribution is -2.49. The van der Waals surface area contributed by atoms with Gasteiger partial charge in [0.05, 0.1) is 0 Å². The molecule has 0 heterocycles. The van der Waals surface area contributed by atoms with Crippen LogP contribution in [0.2, 0.25) is 0 Å². The topological polar surface area (TPSA) is 114 Å². The molecule has 1 aromatic rings. The van der Waals surface area contributed by atoms with E-state index in [-0.39, 0.29) is 0 Å². The van der Waals surface area contributed by atoms with Gasteiger partial charge in [0.25, 0.3) is 11.8 Å². The fourth-order valence-electron chi connectivity index (χ4n) is 1.92. The van der Waals surface area contributed by atoms with Gasteiger partial charge in [-0.2, -0.15) is 0 Å². The molecule has 0 saturated heterocycles. The highest BCUT2D eigenvalue weighted by atomic mass is 16.5. The standard InChI is InChI=1S/C18H25N3O5/c1-11-7-6-8-13(9-11)15(23)19-12(2)16(24)26-10-14(22)20-17(25)21-18(3,4)5/h6-9,12H,10H2,1-5H3,(H,19,23)(H2,20,21,22,25)/t12-/m0/s1. The van der Waals surface area contributed by atoms with Crippen LogP contribution in [-0.2, 0) is 14.3 Å². The highest BCUT2D eigenvalue weighted by Crippen LogP contribution is 2.04. The summed E-state index contributed by atoms with van der Waals surface area (Å²) in [5.74, 6) is -1.97. The quantitative estimate of drug-likeness (QED) is 0.682. The third-order valence-electron chi connectivity index (χ3n) is 3.07. The number of carbonyl (C=O) groups excluding carboxylic acids is 4. The Labute approximate surface area is 152 Å². The molecule has 0 aliphatic carbocycles. The Bertz CT molecular complexity index is 694. The highest BCUT2D eigenvalue weighted by Gasteiger charge is 2.20. The fraction of sp³-hybridized carbons (Fsp3) is 0.444. The number of amides is 4. The van der Waals surface area contributed by atoms with E-state index >= 15 is 0 Å². The number of urea groups is 1. The zero-order valence-electron chi connectivity index (χ0n) is 15.6.